The molecule has 0 bridgehead atoms. The monoisotopic (exact) mass is 265 g/mol. The smallest absolute Gasteiger partial charge is 0.00731 e. The minimum absolute atomic E-state index is 0.746. The van der Waals surface area contributed by atoms with Gasteiger partial charge in [-0.1, -0.05) is 38.7 Å². The summed E-state index contributed by atoms with van der Waals surface area (Å²) in [6.07, 6.45) is 11.1. The van der Waals surface area contributed by atoms with E-state index in [2.05, 4.69) is 29.8 Å². The first-order valence-electron chi connectivity index (χ1n) is 7.64. The third kappa shape index (κ3) is 4.74. The maximum absolute atomic E-state index is 3.76. The van der Waals surface area contributed by atoms with Gasteiger partial charge in [0.25, 0.3) is 0 Å². The Bertz CT molecular complexity index is 301. The molecule has 0 radical (unpaired) electrons. The molecule has 1 aliphatic rings. The van der Waals surface area contributed by atoms with Crippen LogP contribution in [-0.2, 0) is 6.42 Å². The fourth-order valence-corrected chi connectivity index (χ4v) is 3.80. The van der Waals surface area contributed by atoms with Crippen LogP contribution in [0.3, 0.4) is 0 Å². The summed E-state index contributed by atoms with van der Waals surface area (Å²) in [7, 11) is 0. The van der Waals surface area contributed by atoms with E-state index in [9.17, 15) is 0 Å². The van der Waals surface area contributed by atoms with Crippen LogP contribution < -0.4 is 5.32 Å². The van der Waals surface area contributed by atoms with Gasteiger partial charge in [0.2, 0.25) is 0 Å². The van der Waals surface area contributed by atoms with E-state index in [1.807, 2.05) is 11.3 Å². The van der Waals surface area contributed by atoms with Gasteiger partial charge in [-0.05, 0) is 49.6 Å². The molecule has 1 saturated carbocycles. The van der Waals surface area contributed by atoms with Gasteiger partial charge in [0.05, 0.1) is 0 Å². The summed E-state index contributed by atoms with van der Waals surface area (Å²) < 4.78 is 0. The number of thiophene rings is 1. The average molecular weight is 265 g/mol. The molecule has 1 aromatic heterocycles. The van der Waals surface area contributed by atoms with Crippen molar-refractivity contribution in [1.29, 1.82) is 0 Å². The molecule has 1 fully saturated rings. The van der Waals surface area contributed by atoms with E-state index < -0.39 is 0 Å². The van der Waals surface area contributed by atoms with Crippen LogP contribution >= 0.6 is 11.3 Å². The predicted molar refractivity (Wildman–Crippen MR) is 81.3 cm³/mol. The highest BCUT2D eigenvalue weighted by molar-refractivity contribution is 7.09. The van der Waals surface area contributed by atoms with Crippen molar-refractivity contribution in [3.63, 3.8) is 0 Å². The van der Waals surface area contributed by atoms with Crippen LogP contribution in [0.25, 0.3) is 0 Å². The van der Waals surface area contributed by atoms with Crippen LogP contribution in [0.4, 0.5) is 0 Å². The zero-order chi connectivity index (χ0) is 12.6. The van der Waals surface area contributed by atoms with Crippen molar-refractivity contribution in [1.82, 2.24) is 5.32 Å². The van der Waals surface area contributed by atoms with Crippen molar-refractivity contribution in [3.05, 3.63) is 22.4 Å². The molecule has 2 heteroatoms. The van der Waals surface area contributed by atoms with Gasteiger partial charge in [0.1, 0.15) is 0 Å². The van der Waals surface area contributed by atoms with Crippen LogP contribution in [-0.4, -0.2) is 12.6 Å². The van der Waals surface area contributed by atoms with Crippen LogP contribution in [0.2, 0.25) is 0 Å². The van der Waals surface area contributed by atoms with Crippen LogP contribution in [0.1, 0.15) is 56.7 Å². The minimum atomic E-state index is 0.746. The Morgan fingerprint density at radius 2 is 2.22 bits per heavy atom. The van der Waals surface area contributed by atoms with Crippen molar-refractivity contribution < 1.29 is 0 Å². The zero-order valence-corrected chi connectivity index (χ0v) is 12.5. The highest BCUT2D eigenvalue weighted by Gasteiger charge is 2.19. The lowest BCUT2D eigenvalue weighted by molar-refractivity contribution is 0.371. The van der Waals surface area contributed by atoms with Gasteiger partial charge >= 0.3 is 0 Å². The van der Waals surface area contributed by atoms with Gasteiger partial charge in [0, 0.05) is 10.9 Å². The maximum atomic E-state index is 3.76. The Hall–Kier alpha value is -0.340. The Balaban J connectivity index is 1.75. The highest BCUT2D eigenvalue weighted by atomic mass is 32.1. The van der Waals surface area contributed by atoms with E-state index in [1.165, 1.54) is 57.9 Å². The molecule has 1 aromatic rings. The second kappa shape index (κ2) is 7.96. The molecule has 0 saturated heterocycles. The molecule has 18 heavy (non-hydrogen) atoms. The summed E-state index contributed by atoms with van der Waals surface area (Å²) in [5, 5.41) is 5.96. The van der Waals surface area contributed by atoms with Crippen molar-refractivity contribution in [3.8, 4) is 0 Å². The van der Waals surface area contributed by atoms with Gasteiger partial charge in [-0.2, -0.15) is 0 Å². The maximum Gasteiger partial charge on any atom is 0.00731 e. The lowest BCUT2D eigenvalue weighted by Gasteiger charge is -2.21. The van der Waals surface area contributed by atoms with E-state index in [0.717, 1.165) is 12.0 Å². The topological polar surface area (TPSA) is 12.0 Å². The van der Waals surface area contributed by atoms with Crippen LogP contribution in [0, 0.1) is 5.92 Å². The van der Waals surface area contributed by atoms with Crippen molar-refractivity contribution >= 4 is 11.3 Å². The van der Waals surface area contributed by atoms with Crippen molar-refractivity contribution in [2.45, 2.75) is 64.3 Å². The standard InChI is InChI=1S/C16H27NS/c1-2-11-17-15(13-14-6-3-4-7-14)9-10-16-8-5-12-18-16/h5,8,12,14-15,17H,2-4,6-7,9-11,13H2,1H3. The number of aryl methyl sites for hydroxylation is 1. The number of nitrogens with one attached hydrogen (secondary N) is 1. The Morgan fingerprint density at radius 3 is 2.89 bits per heavy atom. The molecule has 2 rings (SSSR count). The molecule has 0 spiro atoms. The van der Waals surface area contributed by atoms with E-state index in [1.54, 1.807) is 4.88 Å². The summed E-state index contributed by atoms with van der Waals surface area (Å²) >= 11 is 1.90. The van der Waals surface area contributed by atoms with Crippen LogP contribution in [0.15, 0.2) is 17.5 Å². The molecule has 0 aliphatic heterocycles. The van der Waals surface area contributed by atoms with Gasteiger partial charge in [-0.25, -0.2) is 0 Å². The summed E-state index contributed by atoms with van der Waals surface area (Å²) in [5.41, 5.74) is 0. The number of hydrogen-bond acceptors (Lipinski definition) is 2. The third-order valence-electron chi connectivity index (χ3n) is 4.09. The average Bonchev–Trinajstić information content (AvgIpc) is 3.05. The molecule has 1 N–H and O–H groups in total. The summed E-state index contributed by atoms with van der Waals surface area (Å²) in [5.74, 6) is 1.00. The Kier molecular flexibility index (Phi) is 6.22. The molecule has 1 atom stereocenters. The third-order valence-corrected chi connectivity index (χ3v) is 5.03. The highest BCUT2D eigenvalue weighted by Crippen LogP contribution is 2.29. The zero-order valence-electron chi connectivity index (χ0n) is 11.7. The molecule has 0 amide bonds. The van der Waals surface area contributed by atoms with Crippen molar-refractivity contribution in [2.75, 3.05) is 6.54 Å². The van der Waals surface area contributed by atoms with E-state index >= 15 is 0 Å². The van der Waals surface area contributed by atoms with Crippen molar-refractivity contribution in [2.24, 2.45) is 5.92 Å². The fourth-order valence-electron chi connectivity index (χ4n) is 3.07. The normalized spacial score (nSPS) is 18.3. The summed E-state index contributed by atoms with van der Waals surface area (Å²) in [6.45, 7) is 3.45. The first-order chi connectivity index (χ1) is 8.88. The van der Waals surface area contributed by atoms with Gasteiger partial charge in [0.15, 0.2) is 0 Å². The molecule has 1 heterocycles. The van der Waals surface area contributed by atoms with Crippen LogP contribution in [0.5, 0.6) is 0 Å². The SMILES string of the molecule is CCCNC(CCc1cccs1)CC1CCCC1. The lowest BCUT2D eigenvalue weighted by Crippen LogP contribution is -2.32. The molecule has 1 unspecified atom stereocenters. The van der Waals surface area contributed by atoms with Gasteiger partial charge in [-0.3, -0.25) is 0 Å². The first kappa shape index (κ1) is 14.1. The molecule has 102 valence electrons. The van der Waals surface area contributed by atoms with E-state index in [4.69, 9.17) is 0 Å². The summed E-state index contributed by atoms with van der Waals surface area (Å²) in [6, 6.07) is 5.19. The first-order valence-corrected chi connectivity index (χ1v) is 8.52. The Labute approximate surface area is 116 Å². The Morgan fingerprint density at radius 1 is 1.39 bits per heavy atom. The number of hydrogen-bond donors (Lipinski definition) is 1. The molecular weight excluding hydrogens is 238 g/mol. The second-order valence-electron chi connectivity index (χ2n) is 5.66. The molecule has 0 aromatic carbocycles. The van der Waals surface area contributed by atoms with Gasteiger partial charge < -0.3 is 5.32 Å². The molecule has 1 nitrogen and oxygen atoms in total. The molecule has 1 aliphatic carbocycles. The second-order valence-corrected chi connectivity index (χ2v) is 6.69. The number of rotatable bonds is 8. The lowest BCUT2D eigenvalue weighted by atomic mass is 9.95. The largest absolute Gasteiger partial charge is 0.314 e. The summed E-state index contributed by atoms with van der Waals surface area (Å²) in [4.78, 5) is 1.55. The quantitative estimate of drug-likeness (QED) is 0.722. The molecular formula is C16H27NS. The predicted octanol–water partition coefficient (Wildman–Crippen LogP) is 4.63. The van der Waals surface area contributed by atoms with Gasteiger partial charge in [-0.15, -0.1) is 11.3 Å². The minimum Gasteiger partial charge on any atom is -0.314 e. The van der Waals surface area contributed by atoms with E-state index in [-0.39, 0.29) is 0 Å². The fraction of sp³-hybridized carbons (Fsp3) is 0.750. The van der Waals surface area contributed by atoms with E-state index in [0.29, 0.717) is 0 Å².